The third-order valence-corrected chi connectivity index (χ3v) is 3.91. The Labute approximate surface area is 114 Å². The van der Waals surface area contributed by atoms with E-state index >= 15 is 0 Å². The van der Waals surface area contributed by atoms with Gasteiger partial charge in [-0.05, 0) is 37.4 Å². The summed E-state index contributed by atoms with van der Waals surface area (Å²) >= 11 is 5.77. The normalized spacial score (nSPS) is 27.3. The summed E-state index contributed by atoms with van der Waals surface area (Å²) in [6.07, 6.45) is 2.68. The summed E-state index contributed by atoms with van der Waals surface area (Å²) in [7, 11) is 0. The molecule has 0 aromatic carbocycles. The van der Waals surface area contributed by atoms with Crippen LogP contribution in [-0.2, 0) is 0 Å². The predicted octanol–water partition coefficient (Wildman–Crippen LogP) is 1.99. The molecule has 2 bridgehead atoms. The molecule has 0 spiro atoms. The molecule has 2 fully saturated rings. The van der Waals surface area contributed by atoms with Crippen LogP contribution in [-0.4, -0.2) is 47.8 Å². The highest BCUT2D eigenvalue weighted by molar-refractivity contribution is 6.29. The highest BCUT2D eigenvalue weighted by Crippen LogP contribution is 2.23. The third-order valence-electron chi connectivity index (χ3n) is 3.71. The topological polar surface area (TPSA) is 32.3 Å². The Morgan fingerprint density at radius 3 is 2.78 bits per heavy atom. The Morgan fingerprint density at radius 1 is 1.11 bits per heavy atom. The van der Waals surface area contributed by atoms with Gasteiger partial charge >= 0.3 is 0 Å². The van der Waals surface area contributed by atoms with Gasteiger partial charge in [-0.3, -0.25) is 0 Å². The highest BCUT2D eigenvalue weighted by atomic mass is 35.5. The first-order valence-electron chi connectivity index (χ1n) is 6.28. The summed E-state index contributed by atoms with van der Waals surface area (Å²) in [6, 6.07) is 3.79. The Morgan fingerprint density at radius 2 is 2.00 bits per heavy atom. The van der Waals surface area contributed by atoms with E-state index in [4.69, 9.17) is 11.6 Å². The van der Waals surface area contributed by atoms with Crippen molar-refractivity contribution in [2.45, 2.75) is 12.8 Å². The molecule has 18 heavy (non-hydrogen) atoms. The van der Waals surface area contributed by atoms with Crippen molar-refractivity contribution in [3.8, 4) is 0 Å². The molecule has 2 unspecified atom stereocenters. The summed E-state index contributed by atoms with van der Waals surface area (Å²) in [4.78, 5) is 4.91. The van der Waals surface area contributed by atoms with Crippen LogP contribution in [0.4, 0.5) is 5.82 Å². The van der Waals surface area contributed by atoms with Gasteiger partial charge in [-0.15, -0.1) is 10.2 Å². The molecule has 4 nitrogen and oxygen atoms in total. The molecule has 0 saturated carbocycles. The maximum atomic E-state index is 5.77. The summed E-state index contributed by atoms with van der Waals surface area (Å²) in [5, 5.41) is 8.58. The van der Waals surface area contributed by atoms with E-state index in [-0.39, 0.29) is 7.43 Å². The Balaban J connectivity index is 0.00000120. The lowest BCUT2D eigenvalue weighted by atomic mass is 9.98. The number of anilines is 1. The molecule has 3 heterocycles. The van der Waals surface area contributed by atoms with Gasteiger partial charge in [0.15, 0.2) is 11.0 Å². The minimum Gasteiger partial charge on any atom is -0.354 e. The fourth-order valence-corrected chi connectivity index (χ4v) is 2.95. The van der Waals surface area contributed by atoms with Crippen LogP contribution >= 0.6 is 11.6 Å². The summed E-state index contributed by atoms with van der Waals surface area (Å²) in [6.45, 7) is 5.80. The first-order valence-corrected chi connectivity index (χ1v) is 6.65. The number of nitrogens with zero attached hydrogens (tertiary/aromatic N) is 4. The van der Waals surface area contributed by atoms with Crippen LogP contribution < -0.4 is 4.90 Å². The molecule has 2 aliphatic rings. The average Bonchev–Trinajstić information content (AvgIpc) is 2.49. The van der Waals surface area contributed by atoms with Crippen LogP contribution in [0.15, 0.2) is 12.1 Å². The van der Waals surface area contributed by atoms with Gasteiger partial charge in [-0.25, -0.2) is 0 Å². The molecule has 98 valence electrons. The quantitative estimate of drug-likeness (QED) is 0.778. The molecule has 1 aromatic rings. The number of hydrogen-bond donors (Lipinski definition) is 0. The average molecular weight is 267 g/mol. The second-order valence-electron chi connectivity index (χ2n) is 4.97. The molecular formula is C13H19ClN4. The van der Waals surface area contributed by atoms with Gasteiger partial charge in [0.1, 0.15) is 0 Å². The van der Waals surface area contributed by atoms with Crippen molar-refractivity contribution in [2.24, 2.45) is 5.92 Å². The summed E-state index contributed by atoms with van der Waals surface area (Å²) < 4.78 is 0. The maximum Gasteiger partial charge on any atom is 0.151 e. The number of aromatic nitrogens is 2. The SMILES string of the molecule is Clc1ccc(N2CCN3CCCC(C3)C2)nn1.[CH2]. The van der Waals surface area contributed by atoms with Crippen LogP contribution in [0, 0.1) is 13.3 Å². The zero-order valence-corrected chi connectivity index (χ0v) is 11.3. The van der Waals surface area contributed by atoms with Crippen LogP contribution in [0.1, 0.15) is 12.8 Å². The Kier molecular flexibility index (Phi) is 4.40. The van der Waals surface area contributed by atoms with E-state index in [1.54, 1.807) is 0 Å². The second-order valence-corrected chi connectivity index (χ2v) is 5.36. The lowest BCUT2D eigenvalue weighted by Gasteiger charge is -2.29. The van der Waals surface area contributed by atoms with Crippen molar-refractivity contribution in [3.05, 3.63) is 24.7 Å². The van der Waals surface area contributed by atoms with Gasteiger partial charge in [0, 0.05) is 26.2 Å². The van der Waals surface area contributed by atoms with Crippen molar-refractivity contribution in [1.29, 1.82) is 0 Å². The van der Waals surface area contributed by atoms with E-state index < -0.39 is 0 Å². The van der Waals surface area contributed by atoms with Crippen molar-refractivity contribution in [2.75, 3.05) is 37.6 Å². The molecule has 0 aliphatic carbocycles. The van der Waals surface area contributed by atoms with Gasteiger partial charge in [0.25, 0.3) is 0 Å². The molecule has 2 atom stereocenters. The minimum atomic E-state index is 0. The molecular weight excluding hydrogens is 248 g/mol. The zero-order valence-electron chi connectivity index (χ0n) is 10.6. The fourth-order valence-electron chi connectivity index (χ4n) is 2.85. The van der Waals surface area contributed by atoms with Gasteiger partial charge in [0.05, 0.1) is 0 Å². The van der Waals surface area contributed by atoms with Crippen molar-refractivity contribution >= 4 is 17.4 Å². The third kappa shape index (κ3) is 2.93. The Hall–Kier alpha value is -0.870. The van der Waals surface area contributed by atoms with Gasteiger partial charge in [-0.2, -0.15) is 0 Å². The van der Waals surface area contributed by atoms with Crippen molar-refractivity contribution in [3.63, 3.8) is 0 Å². The maximum absolute atomic E-state index is 5.77. The molecule has 0 amide bonds. The van der Waals surface area contributed by atoms with Crippen LogP contribution in [0.5, 0.6) is 0 Å². The molecule has 2 radical (unpaired) electrons. The van der Waals surface area contributed by atoms with Gasteiger partial charge in [-0.1, -0.05) is 19.0 Å². The largest absolute Gasteiger partial charge is 0.354 e. The minimum absolute atomic E-state index is 0. The van der Waals surface area contributed by atoms with Crippen LogP contribution in [0.3, 0.4) is 0 Å². The molecule has 2 aliphatic heterocycles. The lowest BCUT2D eigenvalue weighted by molar-refractivity contribution is 0.201. The first kappa shape index (κ1) is 13.6. The molecule has 1 aromatic heterocycles. The lowest BCUT2D eigenvalue weighted by Crippen LogP contribution is -2.35. The van der Waals surface area contributed by atoms with Crippen molar-refractivity contribution < 1.29 is 0 Å². The van der Waals surface area contributed by atoms with E-state index in [9.17, 15) is 0 Å². The molecule has 0 N–H and O–H groups in total. The van der Waals surface area contributed by atoms with Crippen molar-refractivity contribution in [1.82, 2.24) is 15.1 Å². The number of halogens is 1. The zero-order chi connectivity index (χ0) is 11.7. The van der Waals surface area contributed by atoms with E-state index in [1.165, 1.54) is 25.9 Å². The smallest absolute Gasteiger partial charge is 0.151 e. The molecule has 5 heteroatoms. The number of hydrogen-bond acceptors (Lipinski definition) is 4. The van der Waals surface area contributed by atoms with E-state index in [2.05, 4.69) is 20.0 Å². The Bertz CT molecular complexity index is 381. The second kappa shape index (κ2) is 5.85. The van der Waals surface area contributed by atoms with Gasteiger partial charge < -0.3 is 9.80 Å². The monoisotopic (exact) mass is 266 g/mol. The summed E-state index contributed by atoms with van der Waals surface area (Å²) in [5.74, 6) is 1.74. The standard InChI is InChI=1S/C12H17ClN4.CH2/c13-11-3-4-12(15-14-11)17-7-6-16-5-1-2-10(8-16)9-17;/h3-4,10H,1-2,5-9H2;1H2. The number of rotatable bonds is 1. The predicted molar refractivity (Wildman–Crippen MR) is 73.8 cm³/mol. The molecule has 2 saturated heterocycles. The highest BCUT2D eigenvalue weighted by Gasteiger charge is 2.26. The number of piperidine rings is 1. The summed E-state index contributed by atoms with van der Waals surface area (Å²) in [5.41, 5.74) is 0. The van der Waals surface area contributed by atoms with Crippen LogP contribution in [0.25, 0.3) is 0 Å². The molecule has 3 rings (SSSR count). The number of fused-ring (bicyclic) bond motifs is 2. The van der Waals surface area contributed by atoms with E-state index in [1.807, 2.05) is 12.1 Å². The van der Waals surface area contributed by atoms with E-state index in [0.29, 0.717) is 5.15 Å². The van der Waals surface area contributed by atoms with E-state index in [0.717, 1.165) is 31.4 Å². The van der Waals surface area contributed by atoms with Gasteiger partial charge in [0.2, 0.25) is 0 Å². The fraction of sp³-hybridized carbons (Fsp3) is 0.615. The van der Waals surface area contributed by atoms with Crippen LogP contribution in [0.2, 0.25) is 5.15 Å². The first-order chi connectivity index (χ1) is 8.31.